The monoisotopic (exact) mass is 254 g/mol. The quantitative estimate of drug-likeness (QED) is 0.407. The second-order valence-electron chi connectivity index (χ2n) is 7.21. The molecule has 0 bridgehead atoms. The number of hydrogen-bond donors (Lipinski definition) is 0. The van der Waals surface area contributed by atoms with E-state index < -0.39 is 0 Å². The van der Waals surface area contributed by atoms with E-state index in [2.05, 4.69) is 48.5 Å². The van der Waals surface area contributed by atoms with Gasteiger partial charge in [-0.15, -0.1) is 0 Å². The van der Waals surface area contributed by atoms with E-state index >= 15 is 0 Å². The molecule has 0 fully saturated rings. The van der Waals surface area contributed by atoms with Crippen LogP contribution >= 0.6 is 0 Å². The zero-order chi connectivity index (χ0) is 14.2. The maximum atomic E-state index is 2.48. The van der Waals surface area contributed by atoms with Crippen molar-refractivity contribution in [2.45, 2.75) is 93.4 Å². The highest BCUT2D eigenvalue weighted by Crippen LogP contribution is 2.36. The molecule has 0 spiro atoms. The average molecular weight is 255 g/mol. The van der Waals surface area contributed by atoms with Crippen molar-refractivity contribution in [2.24, 2.45) is 23.2 Å². The predicted octanol–water partition coefficient (Wildman–Crippen LogP) is 6.69. The zero-order valence-corrected chi connectivity index (χ0v) is 14.2. The van der Waals surface area contributed by atoms with Crippen molar-refractivity contribution < 1.29 is 0 Å². The van der Waals surface area contributed by atoms with E-state index in [1.807, 2.05) is 0 Å². The zero-order valence-electron chi connectivity index (χ0n) is 14.2. The normalized spacial score (nSPS) is 16.0. The molecule has 0 nitrogen and oxygen atoms in total. The molecule has 110 valence electrons. The molecule has 0 amide bonds. The fraction of sp³-hybridized carbons (Fsp3) is 1.00. The second kappa shape index (κ2) is 8.99. The Balaban J connectivity index is 4.34. The average Bonchev–Trinajstić information content (AvgIpc) is 2.33. The van der Waals surface area contributed by atoms with E-state index in [-0.39, 0.29) is 0 Å². The number of rotatable bonds is 10. The van der Waals surface area contributed by atoms with Crippen molar-refractivity contribution in [3.05, 3.63) is 0 Å². The van der Waals surface area contributed by atoms with Gasteiger partial charge in [-0.1, -0.05) is 74.1 Å². The predicted molar refractivity (Wildman–Crippen MR) is 84.9 cm³/mol. The smallest absolute Gasteiger partial charge is 0.0331 e. The van der Waals surface area contributed by atoms with Crippen LogP contribution in [0.3, 0.4) is 0 Å². The Labute approximate surface area is 117 Å². The molecule has 0 aromatic heterocycles. The molecule has 2 unspecified atom stereocenters. The van der Waals surface area contributed by atoms with Gasteiger partial charge in [0, 0.05) is 0 Å². The van der Waals surface area contributed by atoms with Gasteiger partial charge in [-0.25, -0.2) is 0 Å². The first kappa shape index (κ1) is 18.0. The van der Waals surface area contributed by atoms with Crippen LogP contribution in [0, 0.1) is 23.2 Å². The Morgan fingerprint density at radius 2 is 1.44 bits per heavy atom. The fourth-order valence-corrected chi connectivity index (χ4v) is 3.16. The largest absolute Gasteiger partial charge is 0.0654 e. The van der Waals surface area contributed by atoms with Gasteiger partial charge < -0.3 is 0 Å². The highest BCUT2D eigenvalue weighted by Gasteiger charge is 2.24. The lowest BCUT2D eigenvalue weighted by Crippen LogP contribution is -2.20. The van der Waals surface area contributed by atoms with Gasteiger partial charge in [0.15, 0.2) is 0 Å². The van der Waals surface area contributed by atoms with Crippen molar-refractivity contribution in [2.75, 3.05) is 0 Å². The second-order valence-corrected chi connectivity index (χ2v) is 7.21. The van der Waals surface area contributed by atoms with Crippen LogP contribution in [-0.4, -0.2) is 0 Å². The van der Waals surface area contributed by atoms with Crippen molar-refractivity contribution in [3.8, 4) is 0 Å². The maximum Gasteiger partial charge on any atom is -0.0331 e. The molecule has 18 heavy (non-hydrogen) atoms. The van der Waals surface area contributed by atoms with Crippen LogP contribution in [0.5, 0.6) is 0 Å². The first-order valence-corrected chi connectivity index (χ1v) is 8.38. The third kappa shape index (κ3) is 6.81. The van der Waals surface area contributed by atoms with Crippen molar-refractivity contribution in [1.82, 2.24) is 0 Å². The minimum Gasteiger partial charge on any atom is -0.0654 e. The Morgan fingerprint density at radius 1 is 0.889 bits per heavy atom. The van der Waals surface area contributed by atoms with Crippen LogP contribution in [0.2, 0.25) is 0 Å². The van der Waals surface area contributed by atoms with E-state index in [0.717, 1.165) is 17.8 Å². The maximum absolute atomic E-state index is 2.48. The molecule has 0 N–H and O–H groups in total. The molecule has 0 saturated carbocycles. The Morgan fingerprint density at radius 3 is 1.83 bits per heavy atom. The van der Waals surface area contributed by atoms with Crippen LogP contribution in [-0.2, 0) is 0 Å². The van der Waals surface area contributed by atoms with E-state index in [1.165, 1.54) is 44.9 Å². The van der Waals surface area contributed by atoms with Gasteiger partial charge in [0.25, 0.3) is 0 Å². The van der Waals surface area contributed by atoms with Gasteiger partial charge in [0.1, 0.15) is 0 Å². The molecule has 0 aliphatic rings. The molecule has 0 heteroatoms. The van der Waals surface area contributed by atoms with Crippen LogP contribution < -0.4 is 0 Å². The Kier molecular flexibility index (Phi) is 8.99. The molecule has 0 aliphatic heterocycles. The summed E-state index contributed by atoms with van der Waals surface area (Å²) >= 11 is 0. The molecule has 0 saturated heterocycles. The van der Waals surface area contributed by atoms with E-state index in [9.17, 15) is 0 Å². The summed E-state index contributed by atoms with van der Waals surface area (Å²) in [5.41, 5.74) is 0.587. The van der Waals surface area contributed by atoms with Gasteiger partial charge in [-0.2, -0.15) is 0 Å². The van der Waals surface area contributed by atoms with Crippen LogP contribution in [0.15, 0.2) is 0 Å². The molecule has 0 aliphatic carbocycles. The SMILES string of the molecule is CCCC(CCC(C)(CC)CC)C(C)CC(C)C. The van der Waals surface area contributed by atoms with Crippen LogP contribution in [0.1, 0.15) is 93.4 Å². The standard InChI is InChI=1S/C18H38/c1-8-11-17(16(6)14-15(4)5)12-13-18(7,9-2)10-3/h15-17H,8-14H2,1-7H3. The van der Waals surface area contributed by atoms with Gasteiger partial charge in [0.2, 0.25) is 0 Å². The minimum atomic E-state index is 0.587. The molecular formula is C18H38. The lowest BCUT2D eigenvalue weighted by molar-refractivity contribution is 0.200. The van der Waals surface area contributed by atoms with Crippen molar-refractivity contribution >= 4 is 0 Å². The summed E-state index contributed by atoms with van der Waals surface area (Å²) in [5, 5.41) is 0. The summed E-state index contributed by atoms with van der Waals surface area (Å²) in [6, 6.07) is 0. The summed E-state index contributed by atoms with van der Waals surface area (Å²) in [7, 11) is 0. The summed E-state index contributed by atoms with van der Waals surface area (Å²) in [6.07, 6.45) is 9.72. The molecular weight excluding hydrogens is 216 g/mol. The number of hydrogen-bond acceptors (Lipinski definition) is 0. The van der Waals surface area contributed by atoms with Crippen molar-refractivity contribution in [1.29, 1.82) is 0 Å². The van der Waals surface area contributed by atoms with Gasteiger partial charge >= 0.3 is 0 Å². The van der Waals surface area contributed by atoms with E-state index in [0.29, 0.717) is 5.41 Å². The summed E-state index contributed by atoms with van der Waals surface area (Å²) in [6.45, 7) is 16.7. The summed E-state index contributed by atoms with van der Waals surface area (Å²) < 4.78 is 0. The Hall–Kier alpha value is 0. The molecule has 0 aromatic carbocycles. The lowest BCUT2D eigenvalue weighted by Gasteiger charge is -2.31. The van der Waals surface area contributed by atoms with Crippen LogP contribution in [0.25, 0.3) is 0 Å². The van der Waals surface area contributed by atoms with Crippen molar-refractivity contribution in [3.63, 3.8) is 0 Å². The highest BCUT2D eigenvalue weighted by molar-refractivity contribution is 4.75. The molecule has 0 radical (unpaired) electrons. The molecule has 0 rings (SSSR count). The van der Waals surface area contributed by atoms with Gasteiger partial charge in [-0.3, -0.25) is 0 Å². The molecule has 0 aromatic rings. The van der Waals surface area contributed by atoms with E-state index in [1.54, 1.807) is 0 Å². The molecule has 2 atom stereocenters. The highest BCUT2D eigenvalue weighted by atomic mass is 14.3. The minimum absolute atomic E-state index is 0.587. The first-order valence-electron chi connectivity index (χ1n) is 8.38. The van der Waals surface area contributed by atoms with Gasteiger partial charge in [-0.05, 0) is 42.4 Å². The van der Waals surface area contributed by atoms with Crippen LogP contribution in [0.4, 0.5) is 0 Å². The van der Waals surface area contributed by atoms with Gasteiger partial charge in [0.05, 0.1) is 0 Å². The third-order valence-corrected chi connectivity index (χ3v) is 5.13. The lowest BCUT2D eigenvalue weighted by atomic mass is 9.74. The first-order chi connectivity index (χ1) is 8.38. The summed E-state index contributed by atoms with van der Waals surface area (Å²) in [4.78, 5) is 0. The fourth-order valence-electron chi connectivity index (χ4n) is 3.16. The Bertz CT molecular complexity index is 188. The van der Waals surface area contributed by atoms with E-state index in [4.69, 9.17) is 0 Å². The third-order valence-electron chi connectivity index (χ3n) is 5.13. The topological polar surface area (TPSA) is 0 Å². The summed E-state index contributed by atoms with van der Waals surface area (Å²) in [5.74, 6) is 2.71. The molecule has 0 heterocycles.